The van der Waals surface area contributed by atoms with Gasteiger partial charge in [0.1, 0.15) is 17.6 Å². The van der Waals surface area contributed by atoms with Crippen molar-refractivity contribution in [3.8, 4) is 11.5 Å². The first-order chi connectivity index (χ1) is 8.97. The Hall–Kier alpha value is -1.79. The van der Waals surface area contributed by atoms with Crippen molar-refractivity contribution in [3.63, 3.8) is 0 Å². The average Bonchev–Trinajstić information content (AvgIpc) is 2.44. The minimum atomic E-state index is -1.22. The fourth-order valence-electron chi connectivity index (χ4n) is 1.85. The first-order valence-corrected chi connectivity index (χ1v) is 5.85. The number of amides is 1. The number of methoxy groups -OCH3 is 2. The molecule has 6 heteroatoms. The van der Waals surface area contributed by atoms with E-state index in [0.29, 0.717) is 17.2 Å². The van der Waals surface area contributed by atoms with Crippen molar-refractivity contribution in [3.05, 3.63) is 17.7 Å². The van der Waals surface area contributed by atoms with Gasteiger partial charge in [-0.3, -0.25) is 4.79 Å². The number of nitrogens with zero attached hydrogens (tertiary/aromatic N) is 1. The number of hydrogen-bond donors (Lipinski definition) is 2. The van der Waals surface area contributed by atoms with Crippen molar-refractivity contribution in [2.75, 3.05) is 32.7 Å². The minimum Gasteiger partial charge on any atom is -0.496 e. The fraction of sp³-hybridized carbons (Fsp3) is 0.462. The molecule has 0 radical (unpaired) electrons. The monoisotopic (exact) mass is 268 g/mol. The molecule has 0 spiro atoms. The van der Waals surface area contributed by atoms with Crippen molar-refractivity contribution >= 4 is 11.6 Å². The number of carbonyl (C=O) groups is 1. The topological polar surface area (TPSA) is 85.0 Å². The van der Waals surface area contributed by atoms with Gasteiger partial charge >= 0.3 is 0 Å². The van der Waals surface area contributed by atoms with Gasteiger partial charge in [0.2, 0.25) is 0 Å². The second-order valence-corrected chi connectivity index (χ2v) is 4.09. The summed E-state index contributed by atoms with van der Waals surface area (Å²) >= 11 is 0. The van der Waals surface area contributed by atoms with Crippen molar-refractivity contribution in [2.24, 2.45) is 5.73 Å². The van der Waals surface area contributed by atoms with Gasteiger partial charge in [0, 0.05) is 19.2 Å². The summed E-state index contributed by atoms with van der Waals surface area (Å²) in [5.74, 6) is 0.714. The molecule has 0 aliphatic heterocycles. The molecule has 1 unspecified atom stereocenters. The molecule has 106 valence electrons. The molecule has 1 amide bonds. The second kappa shape index (κ2) is 6.40. The predicted molar refractivity (Wildman–Crippen MR) is 72.8 cm³/mol. The first-order valence-electron chi connectivity index (χ1n) is 5.85. The second-order valence-electron chi connectivity index (χ2n) is 4.09. The van der Waals surface area contributed by atoms with Gasteiger partial charge in [-0.1, -0.05) is 0 Å². The molecule has 0 aliphatic carbocycles. The van der Waals surface area contributed by atoms with Crippen LogP contribution >= 0.6 is 0 Å². The lowest BCUT2D eigenvalue weighted by molar-refractivity contribution is -0.125. The van der Waals surface area contributed by atoms with E-state index >= 15 is 0 Å². The number of rotatable bonds is 5. The van der Waals surface area contributed by atoms with E-state index in [4.69, 9.17) is 15.2 Å². The van der Waals surface area contributed by atoms with E-state index in [-0.39, 0.29) is 6.54 Å². The maximum Gasteiger partial charge on any atom is 0.256 e. The van der Waals surface area contributed by atoms with E-state index in [1.165, 1.54) is 12.0 Å². The highest BCUT2D eigenvalue weighted by molar-refractivity contribution is 5.97. The molecule has 1 aromatic rings. The van der Waals surface area contributed by atoms with Gasteiger partial charge in [-0.15, -0.1) is 0 Å². The molecule has 3 N–H and O–H groups in total. The first kappa shape index (κ1) is 15.3. The summed E-state index contributed by atoms with van der Waals surface area (Å²) in [5, 5.41) is 9.51. The summed E-state index contributed by atoms with van der Waals surface area (Å²) < 4.78 is 10.5. The summed E-state index contributed by atoms with van der Waals surface area (Å²) in [5.41, 5.74) is 6.62. The highest BCUT2D eigenvalue weighted by Crippen LogP contribution is 2.36. The summed E-state index contributed by atoms with van der Waals surface area (Å²) in [6, 6.07) is 3.44. The minimum absolute atomic E-state index is 0.124. The standard InChI is InChI=1S/C13H20N2O4/c1-8-11(18-3)6-5-9(12(8)19-4)15(2)13(17)10(16)7-14/h5-6,10,16H,7,14H2,1-4H3. The number of benzene rings is 1. The number of ether oxygens (including phenoxy) is 2. The van der Waals surface area contributed by atoms with Crippen LogP contribution in [0.25, 0.3) is 0 Å². The number of aliphatic hydroxyl groups is 1. The SMILES string of the molecule is COc1ccc(N(C)C(=O)C(O)CN)c(OC)c1C. The molecular weight excluding hydrogens is 248 g/mol. The highest BCUT2D eigenvalue weighted by Gasteiger charge is 2.23. The van der Waals surface area contributed by atoms with E-state index in [9.17, 15) is 9.90 Å². The molecule has 0 saturated carbocycles. The smallest absolute Gasteiger partial charge is 0.256 e. The van der Waals surface area contributed by atoms with Gasteiger partial charge in [-0.25, -0.2) is 0 Å². The third-order valence-corrected chi connectivity index (χ3v) is 2.96. The Morgan fingerprint density at radius 2 is 2.05 bits per heavy atom. The summed E-state index contributed by atoms with van der Waals surface area (Å²) in [7, 11) is 4.64. The van der Waals surface area contributed by atoms with Gasteiger partial charge in [0.05, 0.1) is 19.9 Å². The van der Waals surface area contributed by atoms with Crippen molar-refractivity contribution in [1.29, 1.82) is 0 Å². The number of aliphatic hydroxyl groups excluding tert-OH is 1. The number of anilines is 1. The van der Waals surface area contributed by atoms with E-state index in [0.717, 1.165) is 5.56 Å². The van der Waals surface area contributed by atoms with E-state index in [2.05, 4.69) is 0 Å². The Labute approximate surface area is 112 Å². The number of nitrogens with two attached hydrogens (primary N) is 1. The lowest BCUT2D eigenvalue weighted by Gasteiger charge is -2.23. The zero-order valence-electron chi connectivity index (χ0n) is 11.6. The summed E-state index contributed by atoms with van der Waals surface area (Å²) in [6.45, 7) is 1.71. The van der Waals surface area contributed by atoms with Gasteiger partial charge in [-0.2, -0.15) is 0 Å². The van der Waals surface area contributed by atoms with Crippen LogP contribution in [-0.2, 0) is 4.79 Å². The van der Waals surface area contributed by atoms with E-state index in [1.54, 1.807) is 26.3 Å². The van der Waals surface area contributed by atoms with Crippen LogP contribution in [0, 0.1) is 6.92 Å². The zero-order chi connectivity index (χ0) is 14.6. The highest BCUT2D eigenvalue weighted by atomic mass is 16.5. The molecule has 0 aliphatic rings. The Morgan fingerprint density at radius 3 is 2.53 bits per heavy atom. The Bertz CT molecular complexity index is 462. The maximum absolute atomic E-state index is 11.9. The number of carbonyl (C=O) groups excluding carboxylic acids is 1. The molecule has 0 aromatic heterocycles. The molecule has 1 aromatic carbocycles. The Balaban J connectivity index is 3.20. The van der Waals surface area contributed by atoms with Gasteiger partial charge in [-0.05, 0) is 19.1 Å². The predicted octanol–water partition coefficient (Wildman–Crippen LogP) is 0.295. The van der Waals surface area contributed by atoms with E-state index in [1.807, 2.05) is 6.92 Å². The molecule has 19 heavy (non-hydrogen) atoms. The van der Waals surface area contributed by atoms with Crippen LogP contribution in [0.5, 0.6) is 11.5 Å². The molecule has 1 atom stereocenters. The third kappa shape index (κ3) is 2.97. The van der Waals surface area contributed by atoms with E-state index < -0.39 is 12.0 Å². The average molecular weight is 268 g/mol. The van der Waals surface area contributed by atoms with Crippen molar-refractivity contribution in [2.45, 2.75) is 13.0 Å². The largest absolute Gasteiger partial charge is 0.496 e. The quantitative estimate of drug-likeness (QED) is 0.802. The maximum atomic E-state index is 11.9. The summed E-state index contributed by atoms with van der Waals surface area (Å²) in [6.07, 6.45) is -1.22. The molecule has 0 saturated heterocycles. The lowest BCUT2D eigenvalue weighted by Crippen LogP contribution is -2.40. The fourth-order valence-corrected chi connectivity index (χ4v) is 1.85. The zero-order valence-corrected chi connectivity index (χ0v) is 11.6. The molecule has 1 rings (SSSR count). The normalized spacial score (nSPS) is 11.9. The number of hydrogen-bond acceptors (Lipinski definition) is 5. The van der Waals surface area contributed by atoms with Gasteiger partial charge < -0.3 is 25.2 Å². The van der Waals surface area contributed by atoms with Crippen LogP contribution in [-0.4, -0.2) is 44.9 Å². The van der Waals surface area contributed by atoms with Crippen molar-refractivity contribution in [1.82, 2.24) is 0 Å². The van der Waals surface area contributed by atoms with Crippen LogP contribution in [0.1, 0.15) is 5.56 Å². The summed E-state index contributed by atoms with van der Waals surface area (Å²) in [4.78, 5) is 13.2. The van der Waals surface area contributed by atoms with Gasteiger partial charge in [0.15, 0.2) is 0 Å². The van der Waals surface area contributed by atoms with Crippen LogP contribution in [0.4, 0.5) is 5.69 Å². The molecule has 0 bridgehead atoms. The Morgan fingerprint density at radius 1 is 1.42 bits per heavy atom. The Kier molecular flexibility index (Phi) is 5.14. The van der Waals surface area contributed by atoms with Crippen LogP contribution < -0.4 is 20.1 Å². The molecule has 0 heterocycles. The van der Waals surface area contributed by atoms with Gasteiger partial charge in [0.25, 0.3) is 5.91 Å². The lowest BCUT2D eigenvalue weighted by atomic mass is 10.1. The molecular formula is C13H20N2O4. The van der Waals surface area contributed by atoms with Crippen molar-refractivity contribution < 1.29 is 19.4 Å². The van der Waals surface area contributed by atoms with Crippen LogP contribution in [0.3, 0.4) is 0 Å². The number of likely N-dealkylation sites (N-methyl/N-ethyl adjacent to an activating group) is 1. The molecule has 6 nitrogen and oxygen atoms in total. The third-order valence-electron chi connectivity index (χ3n) is 2.96. The molecule has 0 fully saturated rings. The van der Waals surface area contributed by atoms with Crippen LogP contribution in [0.2, 0.25) is 0 Å². The van der Waals surface area contributed by atoms with Crippen LogP contribution in [0.15, 0.2) is 12.1 Å².